The Hall–Kier alpha value is -2.32. The molecular formula is C13H10F2N2O. The summed E-state index contributed by atoms with van der Waals surface area (Å²) in [4.78, 5) is 3.61. The van der Waals surface area contributed by atoms with Gasteiger partial charge in [0.1, 0.15) is 23.4 Å². The van der Waals surface area contributed by atoms with Crippen LogP contribution in [0.4, 0.5) is 8.78 Å². The Morgan fingerprint density at radius 1 is 1.39 bits per heavy atom. The number of aliphatic hydroxyl groups is 1. The fourth-order valence-electron chi connectivity index (χ4n) is 1.21. The van der Waals surface area contributed by atoms with Gasteiger partial charge < -0.3 is 5.11 Å². The van der Waals surface area contributed by atoms with E-state index in [9.17, 15) is 8.78 Å². The van der Waals surface area contributed by atoms with Crippen LogP contribution >= 0.6 is 0 Å². The number of aliphatic imine (C=N–C) groups is 1. The number of nitriles is 1. The molecule has 0 aliphatic carbocycles. The van der Waals surface area contributed by atoms with Crippen molar-refractivity contribution in [1.82, 2.24) is 0 Å². The number of allylic oxidation sites excluding steroid dienone is 2. The molecule has 0 saturated heterocycles. The summed E-state index contributed by atoms with van der Waals surface area (Å²) in [6.07, 6.45) is 1.13. The average molecular weight is 248 g/mol. The molecule has 0 radical (unpaired) electrons. The van der Waals surface area contributed by atoms with E-state index in [1.54, 1.807) is 6.07 Å². The van der Waals surface area contributed by atoms with E-state index < -0.39 is 18.2 Å². The van der Waals surface area contributed by atoms with Crippen molar-refractivity contribution in [2.45, 2.75) is 6.61 Å². The van der Waals surface area contributed by atoms with E-state index in [4.69, 9.17) is 10.4 Å². The molecule has 5 heteroatoms. The summed E-state index contributed by atoms with van der Waals surface area (Å²) in [5, 5.41) is 17.2. The zero-order chi connectivity index (χ0) is 13.7. The highest BCUT2D eigenvalue weighted by Gasteiger charge is 2.10. The minimum Gasteiger partial charge on any atom is -0.392 e. The van der Waals surface area contributed by atoms with Gasteiger partial charge in [-0.25, -0.2) is 13.8 Å². The highest BCUT2D eigenvalue weighted by atomic mass is 19.1. The zero-order valence-corrected chi connectivity index (χ0v) is 9.45. The van der Waals surface area contributed by atoms with Gasteiger partial charge in [0.25, 0.3) is 0 Å². The minimum atomic E-state index is -0.734. The summed E-state index contributed by atoms with van der Waals surface area (Å²) >= 11 is 0. The SMILES string of the molecule is C=C(C#N)/N=C/C(=C)c1cc(F)c(CO)cc1F. The van der Waals surface area contributed by atoms with Crippen LogP contribution in [-0.4, -0.2) is 11.3 Å². The molecule has 0 unspecified atom stereocenters. The fourth-order valence-corrected chi connectivity index (χ4v) is 1.21. The second kappa shape index (κ2) is 5.84. The van der Waals surface area contributed by atoms with Crippen molar-refractivity contribution in [3.05, 3.63) is 53.7 Å². The highest BCUT2D eigenvalue weighted by Crippen LogP contribution is 2.20. The van der Waals surface area contributed by atoms with Gasteiger partial charge >= 0.3 is 0 Å². The van der Waals surface area contributed by atoms with Crippen molar-refractivity contribution < 1.29 is 13.9 Å². The van der Waals surface area contributed by atoms with E-state index in [0.29, 0.717) is 0 Å². The Labute approximate surface area is 103 Å². The van der Waals surface area contributed by atoms with Crippen LogP contribution in [0.1, 0.15) is 11.1 Å². The summed E-state index contributed by atoms with van der Waals surface area (Å²) in [7, 11) is 0. The summed E-state index contributed by atoms with van der Waals surface area (Å²) in [5.74, 6) is -1.46. The third-order valence-corrected chi connectivity index (χ3v) is 2.16. The largest absolute Gasteiger partial charge is 0.392 e. The van der Waals surface area contributed by atoms with Crippen LogP contribution in [-0.2, 0) is 6.61 Å². The van der Waals surface area contributed by atoms with Crippen molar-refractivity contribution >= 4 is 11.8 Å². The molecule has 0 amide bonds. The molecule has 0 saturated carbocycles. The molecule has 0 spiro atoms. The Bertz CT molecular complexity index is 571. The van der Waals surface area contributed by atoms with E-state index in [-0.39, 0.29) is 22.4 Å². The summed E-state index contributed by atoms with van der Waals surface area (Å²) in [5.41, 5.74) is -0.182. The number of nitrogens with zero attached hydrogens (tertiary/aromatic N) is 2. The molecule has 0 aliphatic heterocycles. The molecule has 3 nitrogen and oxygen atoms in total. The molecule has 18 heavy (non-hydrogen) atoms. The molecular weight excluding hydrogens is 238 g/mol. The summed E-state index contributed by atoms with van der Waals surface area (Å²) < 4.78 is 27.0. The molecule has 1 aromatic rings. The number of halogens is 2. The molecule has 1 rings (SSSR count). The minimum absolute atomic E-state index is 0.0657. The van der Waals surface area contributed by atoms with Gasteiger partial charge in [0.2, 0.25) is 0 Å². The second-order valence-electron chi connectivity index (χ2n) is 3.42. The lowest BCUT2D eigenvalue weighted by Gasteiger charge is -2.06. The van der Waals surface area contributed by atoms with Crippen LogP contribution in [0.5, 0.6) is 0 Å². The first-order valence-corrected chi connectivity index (χ1v) is 4.90. The number of benzene rings is 1. The highest BCUT2D eigenvalue weighted by molar-refractivity contribution is 6.09. The van der Waals surface area contributed by atoms with Gasteiger partial charge in [-0.2, -0.15) is 5.26 Å². The van der Waals surface area contributed by atoms with Gasteiger partial charge in [-0.15, -0.1) is 0 Å². The van der Waals surface area contributed by atoms with Gasteiger partial charge in [-0.1, -0.05) is 13.2 Å². The molecule has 0 aromatic heterocycles. The van der Waals surface area contributed by atoms with Gasteiger partial charge in [-0.05, 0) is 17.7 Å². The Morgan fingerprint density at radius 3 is 2.61 bits per heavy atom. The molecule has 0 heterocycles. The number of hydrogen-bond donors (Lipinski definition) is 1. The summed E-state index contributed by atoms with van der Waals surface area (Å²) in [6, 6.07) is 3.49. The smallest absolute Gasteiger partial charge is 0.133 e. The maximum Gasteiger partial charge on any atom is 0.133 e. The predicted molar refractivity (Wildman–Crippen MR) is 64.6 cm³/mol. The monoisotopic (exact) mass is 248 g/mol. The van der Waals surface area contributed by atoms with Gasteiger partial charge in [0, 0.05) is 17.3 Å². The van der Waals surface area contributed by atoms with Crippen molar-refractivity contribution in [1.29, 1.82) is 5.26 Å². The van der Waals surface area contributed by atoms with E-state index in [2.05, 4.69) is 18.2 Å². The lowest BCUT2D eigenvalue weighted by atomic mass is 10.0. The van der Waals surface area contributed by atoms with Gasteiger partial charge in [-0.3, -0.25) is 0 Å². The normalized spacial score (nSPS) is 10.3. The third kappa shape index (κ3) is 3.09. The van der Waals surface area contributed by atoms with Crippen LogP contribution in [0, 0.1) is 23.0 Å². The van der Waals surface area contributed by atoms with E-state index in [0.717, 1.165) is 18.3 Å². The first kappa shape index (κ1) is 13.7. The number of aliphatic hydroxyl groups excluding tert-OH is 1. The number of rotatable bonds is 4. The maximum atomic E-state index is 13.6. The fraction of sp³-hybridized carbons (Fsp3) is 0.0769. The van der Waals surface area contributed by atoms with Crippen LogP contribution in [0.3, 0.4) is 0 Å². The molecule has 92 valence electrons. The topological polar surface area (TPSA) is 56.4 Å². The second-order valence-corrected chi connectivity index (χ2v) is 3.42. The first-order valence-electron chi connectivity index (χ1n) is 4.90. The predicted octanol–water partition coefficient (Wildman–Crippen LogP) is 2.58. The molecule has 1 aromatic carbocycles. The lowest BCUT2D eigenvalue weighted by molar-refractivity contribution is 0.275. The van der Waals surface area contributed by atoms with Crippen molar-refractivity contribution in [3.63, 3.8) is 0 Å². The van der Waals surface area contributed by atoms with Crippen molar-refractivity contribution in [3.8, 4) is 6.07 Å². The molecule has 1 N–H and O–H groups in total. The first-order chi connectivity index (χ1) is 8.49. The van der Waals surface area contributed by atoms with Crippen LogP contribution < -0.4 is 0 Å². The molecule has 0 atom stereocenters. The number of hydrogen-bond acceptors (Lipinski definition) is 3. The van der Waals surface area contributed by atoms with Gasteiger partial charge in [0.05, 0.1) is 6.61 Å². The quantitative estimate of drug-likeness (QED) is 0.657. The average Bonchev–Trinajstić information content (AvgIpc) is 2.37. The summed E-state index contributed by atoms with van der Waals surface area (Å²) in [6.45, 7) is 6.24. The van der Waals surface area contributed by atoms with Crippen molar-refractivity contribution in [2.24, 2.45) is 4.99 Å². The van der Waals surface area contributed by atoms with Gasteiger partial charge in [0.15, 0.2) is 0 Å². The van der Waals surface area contributed by atoms with Crippen molar-refractivity contribution in [2.75, 3.05) is 0 Å². The Morgan fingerprint density at radius 2 is 2.06 bits per heavy atom. The van der Waals surface area contributed by atoms with Crippen LogP contribution in [0.15, 0.2) is 36.0 Å². The Balaban J connectivity index is 3.08. The third-order valence-electron chi connectivity index (χ3n) is 2.16. The zero-order valence-electron chi connectivity index (χ0n) is 9.45. The van der Waals surface area contributed by atoms with E-state index in [1.165, 1.54) is 0 Å². The standard InChI is InChI=1S/C13H10F2N2O/c1-8(6-17-9(2)5-16)11-4-12(14)10(7-18)3-13(11)15/h3-4,6,18H,1-2,7H2/b17-6+. The van der Waals surface area contributed by atoms with E-state index in [1.807, 2.05) is 0 Å². The van der Waals surface area contributed by atoms with Crippen LogP contribution in [0.25, 0.3) is 5.57 Å². The van der Waals surface area contributed by atoms with E-state index >= 15 is 0 Å². The Kier molecular flexibility index (Phi) is 4.46. The molecule has 0 bridgehead atoms. The molecule has 0 fully saturated rings. The van der Waals surface area contributed by atoms with Crippen LogP contribution in [0.2, 0.25) is 0 Å². The lowest BCUT2D eigenvalue weighted by Crippen LogP contribution is -1.97. The maximum absolute atomic E-state index is 13.6. The molecule has 0 aliphatic rings.